The zero-order valence-electron chi connectivity index (χ0n) is 15.0. The van der Waals surface area contributed by atoms with Gasteiger partial charge in [-0.3, -0.25) is 4.98 Å². The van der Waals surface area contributed by atoms with E-state index in [-0.39, 0.29) is 0 Å². The van der Waals surface area contributed by atoms with Gasteiger partial charge >= 0.3 is 0 Å². The molecule has 7 heteroatoms. The molecular weight excluding hydrogens is 338 g/mol. The van der Waals surface area contributed by atoms with E-state index in [2.05, 4.69) is 20.2 Å². The highest BCUT2D eigenvalue weighted by molar-refractivity contribution is 5.89. The Morgan fingerprint density at radius 1 is 0.963 bits per heavy atom. The van der Waals surface area contributed by atoms with Crippen LogP contribution in [0.1, 0.15) is 5.69 Å². The fourth-order valence-corrected chi connectivity index (χ4v) is 3.23. The highest BCUT2D eigenvalue weighted by Gasteiger charge is 2.19. The molecule has 4 heterocycles. The third kappa shape index (κ3) is 2.52. The summed E-state index contributed by atoms with van der Waals surface area (Å²) in [5.74, 6) is 0.773. The molecule has 0 aliphatic rings. The Hall–Kier alpha value is -3.74. The Balaban J connectivity index is 1.64. The van der Waals surface area contributed by atoms with Gasteiger partial charge in [-0.25, -0.2) is 14.3 Å². The van der Waals surface area contributed by atoms with Crippen LogP contribution < -0.4 is 0 Å². The van der Waals surface area contributed by atoms with Crippen LogP contribution in [0.5, 0.6) is 0 Å². The average molecular weight is 355 g/mol. The zero-order valence-corrected chi connectivity index (χ0v) is 15.0. The molecule has 0 amide bonds. The summed E-state index contributed by atoms with van der Waals surface area (Å²) in [6, 6.07) is 15.8. The number of para-hydroxylation sites is 1. The van der Waals surface area contributed by atoms with E-state index in [4.69, 9.17) is 4.98 Å². The van der Waals surface area contributed by atoms with Crippen LogP contribution in [0.15, 0.2) is 60.9 Å². The molecule has 0 saturated carbocycles. The monoisotopic (exact) mass is 355 g/mol. The number of hydrogen-bond donors (Lipinski definition) is 1. The van der Waals surface area contributed by atoms with E-state index in [0.717, 1.165) is 45.3 Å². The normalized spacial score (nSPS) is 11.3. The molecule has 0 saturated heterocycles. The van der Waals surface area contributed by atoms with Crippen LogP contribution in [0.3, 0.4) is 0 Å². The maximum absolute atomic E-state index is 4.76. The first-order valence-corrected chi connectivity index (χ1v) is 8.67. The Kier molecular flexibility index (Phi) is 3.39. The van der Waals surface area contributed by atoms with Crippen LogP contribution in [0.25, 0.3) is 39.6 Å². The third-order valence-electron chi connectivity index (χ3n) is 4.56. The van der Waals surface area contributed by atoms with Crippen molar-refractivity contribution in [1.82, 2.24) is 34.5 Å². The minimum absolute atomic E-state index is 0.773. The van der Waals surface area contributed by atoms with Gasteiger partial charge in [-0.05, 0) is 31.2 Å². The highest BCUT2D eigenvalue weighted by Crippen LogP contribution is 2.29. The second-order valence-electron chi connectivity index (χ2n) is 6.38. The van der Waals surface area contributed by atoms with Crippen LogP contribution in [-0.4, -0.2) is 34.5 Å². The van der Waals surface area contributed by atoms with Gasteiger partial charge in [0, 0.05) is 19.4 Å². The van der Waals surface area contributed by atoms with E-state index < -0.39 is 0 Å². The number of pyridine rings is 1. The van der Waals surface area contributed by atoms with E-state index in [1.54, 1.807) is 10.9 Å². The lowest BCUT2D eigenvalue weighted by molar-refractivity contribution is 0.789. The number of rotatable bonds is 3. The molecule has 27 heavy (non-hydrogen) atoms. The molecule has 0 unspecified atom stereocenters. The summed E-state index contributed by atoms with van der Waals surface area (Å²) in [6.45, 7) is 1.99. The summed E-state index contributed by atoms with van der Waals surface area (Å²) >= 11 is 0. The molecule has 0 aliphatic heterocycles. The summed E-state index contributed by atoms with van der Waals surface area (Å²) in [5, 5.41) is 9.21. The van der Waals surface area contributed by atoms with Gasteiger partial charge in [-0.2, -0.15) is 10.2 Å². The second kappa shape index (κ2) is 5.91. The largest absolute Gasteiger partial charge is 0.335 e. The summed E-state index contributed by atoms with van der Waals surface area (Å²) in [5.41, 5.74) is 6.15. The predicted octanol–water partition coefficient (Wildman–Crippen LogP) is 3.52. The van der Waals surface area contributed by atoms with E-state index in [1.807, 2.05) is 73.4 Å². The van der Waals surface area contributed by atoms with Gasteiger partial charge < -0.3 is 4.98 Å². The first-order chi connectivity index (χ1) is 13.2. The van der Waals surface area contributed by atoms with Gasteiger partial charge in [0.25, 0.3) is 0 Å². The Bertz CT molecular complexity index is 1230. The van der Waals surface area contributed by atoms with Crippen molar-refractivity contribution in [2.45, 2.75) is 6.92 Å². The molecule has 0 aliphatic carbocycles. The number of nitrogens with one attached hydrogen (secondary N) is 1. The Morgan fingerprint density at radius 3 is 2.56 bits per heavy atom. The Morgan fingerprint density at radius 2 is 1.78 bits per heavy atom. The number of nitrogens with zero attached hydrogens (tertiary/aromatic N) is 6. The minimum Gasteiger partial charge on any atom is -0.335 e. The summed E-state index contributed by atoms with van der Waals surface area (Å²) in [4.78, 5) is 12.6. The number of benzene rings is 1. The van der Waals surface area contributed by atoms with Gasteiger partial charge in [0.15, 0.2) is 5.65 Å². The van der Waals surface area contributed by atoms with Gasteiger partial charge in [-0.15, -0.1) is 0 Å². The van der Waals surface area contributed by atoms with Gasteiger partial charge in [-0.1, -0.05) is 24.3 Å². The molecule has 0 radical (unpaired) electrons. The van der Waals surface area contributed by atoms with Crippen molar-refractivity contribution in [3.8, 4) is 28.5 Å². The highest BCUT2D eigenvalue weighted by atomic mass is 15.3. The zero-order chi connectivity index (χ0) is 18.4. The number of fused-ring (bicyclic) bond motifs is 1. The van der Waals surface area contributed by atoms with Crippen molar-refractivity contribution in [2.75, 3.05) is 0 Å². The lowest BCUT2D eigenvalue weighted by Crippen LogP contribution is -1.93. The van der Waals surface area contributed by atoms with Crippen molar-refractivity contribution in [3.63, 3.8) is 0 Å². The molecule has 5 rings (SSSR count). The van der Waals surface area contributed by atoms with Crippen molar-refractivity contribution in [2.24, 2.45) is 7.05 Å². The van der Waals surface area contributed by atoms with Gasteiger partial charge in [0.1, 0.15) is 17.0 Å². The number of aromatic amines is 1. The second-order valence-corrected chi connectivity index (χ2v) is 6.38. The SMILES string of the molecule is Cc1nn(-c2ccccc2)cc1-c1nc2c([nH]1)c(-c1ccccn1)nn2C. The van der Waals surface area contributed by atoms with Crippen molar-refractivity contribution in [3.05, 3.63) is 66.6 Å². The number of H-pyrrole nitrogens is 1. The van der Waals surface area contributed by atoms with Crippen molar-refractivity contribution < 1.29 is 0 Å². The van der Waals surface area contributed by atoms with Crippen LogP contribution in [0.2, 0.25) is 0 Å². The molecule has 0 atom stereocenters. The summed E-state index contributed by atoms with van der Waals surface area (Å²) in [7, 11) is 1.89. The number of aryl methyl sites for hydroxylation is 2. The minimum atomic E-state index is 0.773. The van der Waals surface area contributed by atoms with E-state index in [1.165, 1.54) is 0 Å². The third-order valence-corrected chi connectivity index (χ3v) is 4.56. The van der Waals surface area contributed by atoms with Crippen LogP contribution in [0, 0.1) is 6.92 Å². The molecule has 0 spiro atoms. The maximum atomic E-state index is 4.76. The Labute approximate surface area is 155 Å². The molecule has 0 bridgehead atoms. The van der Waals surface area contributed by atoms with Gasteiger partial charge in [0.2, 0.25) is 0 Å². The first-order valence-electron chi connectivity index (χ1n) is 8.67. The molecular formula is C20H17N7. The van der Waals surface area contributed by atoms with Crippen molar-refractivity contribution >= 4 is 11.2 Å². The molecule has 5 aromatic rings. The van der Waals surface area contributed by atoms with Crippen LogP contribution in [-0.2, 0) is 7.05 Å². The lowest BCUT2D eigenvalue weighted by atomic mass is 10.2. The fourth-order valence-electron chi connectivity index (χ4n) is 3.23. The van der Waals surface area contributed by atoms with Crippen LogP contribution >= 0.6 is 0 Å². The maximum Gasteiger partial charge on any atom is 0.177 e. The smallest absolute Gasteiger partial charge is 0.177 e. The first kappa shape index (κ1) is 15.5. The molecule has 132 valence electrons. The fraction of sp³-hybridized carbons (Fsp3) is 0.100. The number of hydrogen-bond acceptors (Lipinski definition) is 4. The van der Waals surface area contributed by atoms with Crippen LogP contribution in [0.4, 0.5) is 0 Å². The van der Waals surface area contributed by atoms with E-state index in [9.17, 15) is 0 Å². The average Bonchev–Trinajstić information content (AvgIpc) is 3.38. The topological polar surface area (TPSA) is 77.2 Å². The standard InChI is InChI=1S/C20H17N7/c1-13-15(12-27(24-13)14-8-4-3-5-9-14)19-22-18-17(16-10-6-7-11-21-16)25-26(2)20(18)23-19/h3-12H,1-2H3,(H,22,23). The lowest BCUT2D eigenvalue weighted by Gasteiger charge is -1.98. The van der Waals surface area contributed by atoms with Gasteiger partial charge in [0.05, 0.1) is 22.6 Å². The molecule has 7 nitrogen and oxygen atoms in total. The molecule has 1 aromatic carbocycles. The molecule has 0 fully saturated rings. The van der Waals surface area contributed by atoms with E-state index in [0.29, 0.717) is 0 Å². The molecule has 4 aromatic heterocycles. The molecule has 1 N–H and O–H groups in total. The summed E-state index contributed by atoms with van der Waals surface area (Å²) in [6.07, 6.45) is 3.76. The summed E-state index contributed by atoms with van der Waals surface area (Å²) < 4.78 is 3.64. The quantitative estimate of drug-likeness (QED) is 0.537. The number of aromatic nitrogens is 7. The predicted molar refractivity (Wildman–Crippen MR) is 103 cm³/mol. The van der Waals surface area contributed by atoms with E-state index >= 15 is 0 Å². The number of imidazole rings is 1. The van der Waals surface area contributed by atoms with Crippen molar-refractivity contribution in [1.29, 1.82) is 0 Å².